The Morgan fingerprint density at radius 3 is 2.67 bits per heavy atom. The van der Waals surface area contributed by atoms with Crippen LogP contribution in [0.15, 0.2) is 23.1 Å². The van der Waals surface area contributed by atoms with Crippen LogP contribution in [0.3, 0.4) is 0 Å². The summed E-state index contributed by atoms with van der Waals surface area (Å²) in [5, 5.41) is 3.29. The van der Waals surface area contributed by atoms with E-state index in [1.165, 1.54) is 32.4 Å². The Bertz CT molecular complexity index is 720. The third kappa shape index (κ3) is 2.89. The Balaban J connectivity index is 2.02. The number of carbonyl (C=O) groups is 1. The molecule has 2 saturated heterocycles. The second-order valence-electron chi connectivity index (χ2n) is 6.07. The molecule has 2 fully saturated rings. The quantitative estimate of drug-likeness (QED) is 0.812. The van der Waals surface area contributed by atoms with Crippen molar-refractivity contribution in [3.8, 4) is 5.75 Å². The second kappa shape index (κ2) is 6.70. The number of hydrogen-bond acceptors (Lipinski definition) is 6. The van der Waals surface area contributed by atoms with Gasteiger partial charge in [0.25, 0.3) is 0 Å². The van der Waals surface area contributed by atoms with Crippen molar-refractivity contribution >= 4 is 16.0 Å². The Morgan fingerprint density at radius 2 is 1.96 bits per heavy atom. The van der Waals surface area contributed by atoms with Crippen molar-refractivity contribution in [2.24, 2.45) is 0 Å². The Kier molecular flexibility index (Phi) is 4.80. The minimum atomic E-state index is -3.68. The summed E-state index contributed by atoms with van der Waals surface area (Å²) in [6, 6.07) is 4.30. The van der Waals surface area contributed by atoms with Crippen molar-refractivity contribution < 1.29 is 22.7 Å². The second-order valence-corrected chi connectivity index (χ2v) is 7.91. The SMILES string of the molecule is COC(=O)c1cc(S(=O)(=O)N2C3CCNCC2CC3)ccc1OC. The maximum atomic E-state index is 13.2. The molecular weight excluding hydrogens is 332 g/mol. The minimum Gasteiger partial charge on any atom is -0.496 e. The van der Waals surface area contributed by atoms with Crippen LogP contribution in [-0.4, -0.2) is 58.1 Å². The molecular formula is C16H22N2O5S. The maximum absolute atomic E-state index is 13.2. The number of nitrogens with zero attached hydrogens (tertiary/aromatic N) is 1. The smallest absolute Gasteiger partial charge is 0.341 e. The number of rotatable bonds is 4. The van der Waals surface area contributed by atoms with E-state index >= 15 is 0 Å². The number of ether oxygens (including phenoxy) is 2. The van der Waals surface area contributed by atoms with Gasteiger partial charge in [0, 0.05) is 18.6 Å². The lowest BCUT2D eigenvalue weighted by Crippen LogP contribution is -2.42. The van der Waals surface area contributed by atoms with Gasteiger partial charge in [0.1, 0.15) is 11.3 Å². The van der Waals surface area contributed by atoms with Gasteiger partial charge in [0.15, 0.2) is 0 Å². The van der Waals surface area contributed by atoms with Gasteiger partial charge in [-0.25, -0.2) is 13.2 Å². The molecule has 1 aromatic rings. The van der Waals surface area contributed by atoms with E-state index in [2.05, 4.69) is 5.32 Å². The lowest BCUT2D eigenvalue weighted by molar-refractivity contribution is 0.0597. The van der Waals surface area contributed by atoms with Crippen molar-refractivity contribution in [2.75, 3.05) is 27.3 Å². The number of methoxy groups -OCH3 is 2. The molecule has 1 N–H and O–H groups in total. The number of carbonyl (C=O) groups excluding carboxylic acids is 1. The van der Waals surface area contributed by atoms with E-state index < -0.39 is 16.0 Å². The Labute approximate surface area is 142 Å². The average molecular weight is 354 g/mol. The van der Waals surface area contributed by atoms with Crippen molar-refractivity contribution in [3.63, 3.8) is 0 Å². The Morgan fingerprint density at radius 1 is 1.21 bits per heavy atom. The van der Waals surface area contributed by atoms with Gasteiger partial charge in [-0.05, 0) is 44.0 Å². The molecule has 8 heteroatoms. The van der Waals surface area contributed by atoms with Crippen LogP contribution in [0.1, 0.15) is 29.6 Å². The molecule has 7 nitrogen and oxygen atoms in total. The van der Waals surface area contributed by atoms with Crippen LogP contribution in [-0.2, 0) is 14.8 Å². The predicted octanol–water partition coefficient (Wildman–Crippen LogP) is 0.997. The number of esters is 1. The van der Waals surface area contributed by atoms with Gasteiger partial charge in [-0.15, -0.1) is 0 Å². The van der Waals surface area contributed by atoms with E-state index in [9.17, 15) is 13.2 Å². The first-order chi connectivity index (χ1) is 11.5. The number of fused-ring (bicyclic) bond motifs is 2. The summed E-state index contributed by atoms with van der Waals surface area (Å²) in [7, 11) is -1.000. The van der Waals surface area contributed by atoms with Gasteiger partial charge < -0.3 is 14.8 Å². The molecule has 0 aliphatic carbocycles. The van der Waals surface area contributed by atoms with Crippen LogP contribution in [0.2, 0.25) is 0 Å². The number of hydrogen-bond donors (Lipinski definition) is 1. The van der Waals surface area contributed by atoms with Crippen LogP contribution >= 0.6 is 0 Å². The van der Waals surface area contributed by atoms with Crippen molar-refractivity contribution in [1.82, 2.24) is 9.62 Å². The highest BCUT2D eigenvalue weighted by Gasteiger charge is 2.43. The molecule has 0 aromatic heterocycles. The number of nitrogens with one attached hydrogen (secondary N) is 1. The summed E-state index contributed by atoms with van der Waals surface area (Å²) in [6.07, 6.45) is 2.54. The van der Waals surface area contributed by atoms with E-state index in [1.807, 2.05) is 0 Å². The summed E-state index contributed by atoms with van der Waals surface area (Å²) in [4.78, 5) is 12.0. The van der Waals surface area contributed by atoms with Crippen LogP contribution < -0.4 is 10.1 Å². The summed E-state index contributed by atoms with van der Waals surface area (Å²) in [6.45, 7) is 1.49. The summed E-state index contributed by atoms with van der Waals surface area (Å²) < 4.78 is 37.8. The fourth-order valence-electron chi connectivity index (χ4n) is 3.57. The van der Waals surface area contributed by atoms with Gasteiger partial charge in [-0.3, -0.25) is 0 Å². The van der Waals surface area contributed by atoms with Gasteiger partial charge in [-0.1, -0.05) is 0 Å². The summed E-state index contributed by atoms with van der Waals surface area (Å²) in [5.74, 6) is -0.328. The number of sulfonamides is 1. The topological polar surface area (TPSA) is 84.9 Å². The molecule has 2 aliphatic heterocycles. The molecule has 0 spiro atoms. The van der Waals surface area contributed by atoms with Crippen LogP contribution in [0, 0.1) is 0 Å². The highest BCUT2D eigenvalue weighted by atomic mass is 32.2. The highest BCUT2D eigenvalue weighted by Crippen LogP contribution is 2.35. The van der Waals surface area contributed by atoms with Gasteiger partial charge in [-0.2, -0.15) is 4.31 Å². The molecule has 3 rings (SSSR count). The van der Waals surface area contributed by atoms with Crippen LogP contribution in [0.5, 0.6) is 5.75 Å². The molecule has 0 amide bonds. The zero-order valence-electron chi connectivity index (χ0n) is 13.8. The average Bonchev–Trinajstić information content (AvgIpc) is 2.87. The van der Waals surface area contributed by atoms with E-state index in [4.69, 9.17) is 9.47 Å². The monoisotopic (exact) mass is 354 g/mol. The highest BCUT2D eigenvalue weighted by molar-refractivity contribution is 7.89. The van der Waals surface area contributed by atoms with Crippen LogP contribution in [0.4, 0.5) is 0 Å². The number of benzene rings is 1. The largest absolute Gasteiger partial charge is 0.496 e. The standard InChI is InChI=1S/C16H22N2O5S/c1-22-15-6-5-13(9-14(15)16(19)23-2)24(20,21)18-11-3-4-12(18)10-17-8-7-11/h5-6,9,11-12,17H,3-4,7-8,10H2,1-2H3. The zero-order valence-corrected chi connectivity index (χ0v) is 14.6. The molecule has 2 heterocycles. The molecule has 132 valence electrons. The molecule has 2 aliphatic rings. The third-order valence-electron chi connectivity index (χ3n) is 4.74. The molecule has 0 radical (unpaired) electrons. The fourth-order valence-corrected chi connectivity index (χ4v) is 5.50. The van der Waals surface area contributed by atoms with E-state index in [-0.39, 0.29) is 22.5 Å². The molecule has 0 saturated carbocycles. The normalized spacial score (nSPS) is 24.4. The third-order valence-corrected chi connectivity index (χ3v) is 6.74. The molecule has 2 unspecified atom stereocenters. The fraction of sp³-hybridized carbons (Fsp3) is 0.562. The molecule has 24 heavy (non-hydrogen) atoms. The molecule has 1 aromatic carbocycles. The van der Waals surface area contributed by atoms with Crippen molar-refractivity contribution in [1.29, 1.82) is 0 Å². The Hall–Kier alpha value is -1.64. The maximum Gasteiger partial charge on any atom is 0.341 e. The van der Waals surface area contributed by atoms with Crippen molar-refractivity contribution in [2.45, 2.75) is 36.2 Å². The first-order valence-electron chi connectivity index (χ1n) is 7.99. The summed E-state index contributed by atoms with van der Waals surface area (Å²) in [5.41, 5.74) is 0.112. The van der Waals surface area contributed by atoms with E-state index in [0.717, 1.165) is 25.8 Å². The van der Waals surface area contributed by atoms with Gasteiger partial charge >= 0.3 is 5.97 Å². The van der Waals surface area contributed by atoms with Crippen molar-refractivity contribution in [3.05, 3.63) is 23.8 Å². The van der Waals surface area contributed by atoms with Gasteiger partial charge in [0.05, 0.1) is 19.1 Å². The molecule has 2 atom stereocenters. The van der Waals surface area contributed by atoms with E-state index in [1.54, 1.807) is 4.31 Å². The zero-order chi connectivity index (χ0) is 17.3. The first kappa shape index (κ1) is 17.2. The summed E-state index contributed by atoms with van der Waals surface area (Å²) >= 11 is 0. The lowest BCUT2D eigenvalue weighted by atomic mass is 10.1. The van der Waals surface area contributed by atoms with Gasteiger partial charge in [0.2, 0.25) is 10.0 Å². The van der Waals surface area contributed by atoms with E-state index in [0.29, 0.717) is 12.3 Å². The van der Waals surface area contributed by atoms with Crippen LogP contribution in [0.25, 0.3) is 0 Å². The molecule has 2 bridgehead atoms. The lowest BCUT2D eigenvalue weighted by Gasteiger charge is -2.27. The first-order valence-corrected chi connectivity index (χ1v) is 9.43. The minimum absolute atomic E-state index is 0.0127. The predicted molar refractivity (Wildman–Crippen MR) is 87.7 cm³/mol.